The number of nitrogens with one attached hydrogen (secondary N) is 1. The third-order valence-electron chi connectivity index (χ3n) is 3.84. The Hall–Kier alpha value is -0.710. The van der Waals surface area contributed by atoms with Gasteiger partial charge in [-0.25, -0.2) is 0 Å². The molecule has 0 fully saturated rings. The van der Waals surface area contributed by atoms with Crippen LogP contribution >= 0.6 is 31.9 Å². The Labute approximate surface area is 136 Å². The average molecular weight is 396 g/mol. The Morgan fingerprint density at radius 3 is 2.65 bits per heavy atom. The fourth-order valence-electron chi connectivity index (χ4n) is 2.99. The summed E-state index contributed by atoms with van der Waals surface area (Å²) < 4.78 is 2.22. The number of hydrogen-bond acceptors (Lipinski definition) is 2. The highest BCUT2D eigenvalue weighted by molar-refractivity contribution is 9.10. The van der Waals surface area contributed by atoms with Gasteiger partial charge in [0.2, 0.25) is 0 Å². The molecular formula is C16H16Br2N2. The number of halogens is 2. The Morgan fingerprint density at radius 1 is 1.15 bits per heavy atom. The molecule has 3 rings (SSSR count). The van der Waals surface area contributed by atoms with Gasteiger partial charge in [0, 0.05) is 15.1 Å². The molecule has 20 heavy (non-hydrogen) atoms. The summed E-state index contributed by atoms with van der Waals surface area (Å²) >= 11 is 7.26. The van der Waals surface area contributed by atoms with E-state index < -0.39 is 0 Å². The van der Waals surface area contributed by atoms with E-state index in [9.17, 15) is 0 Å². The van der Waals surface area contributed by atoms with Crippen LogP contribution in [0, 0.1) is 6.92 Å². The first-order valence-corrected chi connectivity index (χ1v) is 8.29. The van der Waals surface area contributed by atoms with Crippen molar-refractivity contribution in [3.63, 3.8) is 0 Å². The van der Waals surface area contributed by atoms with E-state index in [4.69, 9.17) is 0 Å². The van der Waals surface area contributed by atoms with Crippen molar-refractivity contribution in [2.45, 2.75) is 25.8 Å². The molecule has 1 aromatic carbocycles. The van der Waals surface area contributed by atoms with Crippen LogP contribution in [0.4, 0.5) is 0 Å². The molecule has 2 aromatic rings. The average Bonchev–Trinajstić information content (AvgIpc) is 2.55. The number of hydrogen-bond donors (Lipinski definition) is 1. The van der Waals surface area contributed by atoms with Gasteiger partial charge in [0.25, 0.3) is 0 Å². The molecule has 0 bridgehead atoms. The number of nitrogens with zero attached hydrogens (tertiary/aromatic N) is 1. The van der Waals surface area contributed by atoms with Crippen LogP contribution in [-0.2, 0) is 12.8 Å². The first kappa shape index (κ1) is 14.2. The quantitative estimate of drug-likeness (QED) is 0.777. The molecule has 1 aliphatic rings. The minimum Gasteiger partial charge on any atom is -0.308 e. The van der Waals surface area contributed by atoms with Crippen molar-refractivity contribution in [2.75, 3.05) is 7.05 Å². The Balaban J connectivity index is 2.23. The number of rotatable bonds is 1. The van der Waals surface area contributed by atoms with Gasteiger partial charge in [0.15, 0.2) is 0 Å². The van der Waals surface area contributed by atoms with Crippen molar-refractivity contribution in [3.05, 3.63) is 61.3 Å². The maximum absolute atomic E-state index is 4.66. The van der Waals surface area contributed by atoms with Gasteiger partial charge in [-0.05, 0) is 77.1 Å². The first-order valence-electron chi connectivity index (χ1n) is 6.70. The summed E-state index contributed by atoms with van der Waals surface area (Å²) in [5.74, 6) is 0. The maximum atomic E-state index is 4.66. The largest absolute Gasteiger partial charge is 0.308 e. The molecule has 0 aliphatic heterocycles. The smallest absolute Gasteiger partial charge is 0.0765 e. The van der Waals surface area contributed by atoms with Crippen LogP contribution in [0.15, 0.2) is 33.3 Å². The first-order chi connectivity index (χ1) is 9.60. The predicted molar refractivity (Wildman–Crippen MR) is 89.1 cm³/mol. The Kier molecular flexibility index (Phi) is 3.98. The molecule has 0 spiro atoms. The lowest BCUT2D eigenvalue weighted by atomic mass is 9.96. The van der Waals surface area contributed by atoms with Gasteiger partial charge in [0.1, 0.15) is 0 Å². The van der Waals surface area contributed by atoms with Crippen LogP contribution in [0.2, 0.25) is 0 Å². The van der Waals surface area contributed by atoms with E-state index in [-0.39, 0.29) is 6.04 Å². The van der Waals surface area contributed by atoms with E-state index in [1.165, 1.54) is 26.7 Å². The van der Waals surface area contributed by atoms with Crippen molar-refractivity contribution in [1.82, 2.24) is 10.3 Å². The maximum Gasteiger partial charge on any atom is 0.0765 e. The number of aromatic nitrogens is 1. The van der Waals surface area contributed by atoms with E-state index in [1.54, 1.807) is 0 Å². The van der Waals surface area contributed by atoms with Crippen LogP contribution < -0.4 is 5.32 Å². The zero-order valence-electron chi connectivity index (χ0n) is 11.5. The van der Waals surface area contributed by atoms with Gasteiger partial charge in [-0.3, -0.25) is 4.98 Å². The van der Waals surface area contributed by atoms with E-state index in [2.05, 4.69) is 67.3 Å². The SMILES string of the molecule is CNC1c2ncc(Br)cc2CCc2cc(C)cc(Br)c21. The highest BCUT2D eigenvalue weighted by atomic mass is 79.9. The second kappa shape index (κ2) is 5.58. The Bertz CT molecular complexity index is 668. The number of pyridine rings is 1. The van der Waals surface area contributed by atoms with Crippen LogP contribution in [0.3, 0.4) is 0 Å². The molecule has 0 amide bonds. The molecule has 1 unspecified atom stereocenters. The normalized spacial score (nSPS) is 17.3. The van der Waals surface area contributed by atoms with Crippen molar-refractivity contribution in [1.29, 1.82) is 0 Å². The number of benzene rings is 1. The van der Waals surface area contributed by atoms with E-state index in [0.29, 0.717) is 0 Å². The third kappa shape index (κ3) is 2.45. The molecule has 104 valence electrons. The second-order valence-corrected chi connectivity index (χ2v) is 7.01. The third-order valence-corrected chi connectivity index (χ3v) is 4.93. The summed E-state index contributed by atoms with van der Waals surface area (Å²) in [6.45, 7) is 2.15. The van der Waals surface area contributed by atoms with Crippen LogP contribution in [-0.4, -0.2) is 12.0 Å². The van der Waals surface area contributed by atoms with Crippen LogP contribution in [0.25, 0.3) is 0 Å². The molecule has 1 heterocycles. The van der Waals surface area contributed by atoms with Crippen molar-refractivity contribution in [3.8, 4) is 0 Å². The van der Waals surface area contributed by atoms with Gasteiger partial charge < -0.3 is 5.32 Å². The van der Waals surface area contributed by atoms with Gasteiger partial charge >= 0.3 is 0 Å². The van der Waals surface area contributed by atoms with Crippen molar-refractivity contribution in [2.24, 2.45) is 0 Å². The lowest BCUT2D eigenvalue weighted by Crippen LogP contribution is -2.21. The van der Waals surface area contributed by atoms with Crippen LogP contribution in [0.5, 0.6) is 0 Å². The highest BCUT2D eigenvalue weighted by Gasteiger charge is 2.26. The van der Waals surface area contributed by atoms with Gasteiger partial charge in [0.05, 0.1) is 11.7 Å². The number of aryl methyl sites for hydroxylation is 3. The van der Waals surface area contributed by atoms with Crippen LogP contribution in [0.1, 0.15) is 34.0 Å². The van der Waals surface area contributed by atoms with Crippen molar-refractivity contribution < 1.29 is 0 Å². The summed E-state index contributed by atoms with van der Waals surface area (Å²) in [5, 5.41) is 3.43. The molecule has 1 aromatic heterocycles. The highest BCUT2D eigenvalue weighted by Crippen LogP contribution is 2.37. The van der Waals surface area contributed by atoms with Crippen molar-refractivity contribution >= 4 is 31.9 Å². The zero-order chi connectivity index (χ0) is 14.3. The standard InChI is InChI=1S/C16H16Br2N2/c1-9-5-10-3-4-11-7-12(17)8-20-15(11)16(19-2)14(10)13(18)6-9/h5-8,16,19H,3-4H2,1-2H3. The molecule has 0 saturated carbocycles. The second-order valence-electron chi connectivity index (χ2n) is 5.24. The van der Waals surface area contributed by atoms with Gasteiger partial charge in [-0.1, -0.05) is 22.0 Å². The summed E-state index contributed by atoms with van der Waals surface area (Å²) in [6.07, 6.45) is 3.97. The Morgan fingerprint density at radius 2 is 1.90 bits per heavy atom. The van der Waals surface area contributed by atoms with Gasteiger partial charge in [-0.15, -0.1) is 0 Å². The monoisotopic (exact) mass is 394 g/mol. The molecule has 0 saturated heterocycles. The number of fused-ring (bicyclic) bond motifs is 2. The summed E-state index contributed by atoms with van der Waals surface area (Å²) in [7, 11) is 2.00. The van der Waals surface area contributed by atoms with Gasteiger partial charge in [-0.2, -0.15) is 0 Å². The molecular weight excluding hydrogens is 380 g/mol. The summed E-state index contributed by atoms with van der Waals surface area (Å²) in [6, 6.07) is 6.82. The molecule has 0 radical (unpaired) electrons. The fourth-order valence-corrected chi connectivity index (χ4v) is 4.22. The molecule has 4 heteroatoms. The van der Waals surface area contributed by atoms with E-state index in [0.717, 1.165) is 23.0 Å². The minimum atomic E-state index is 0.144. The molecule has 1 aliphatic carbocycles. The molecule has 1 atom stereocenters. The molecule has 2 nitrogen and oxygen atoms in total. The predicted octanol–water partition coefficient (Wildman–Crippen LogP) is 4.32. The lowest BCUT2D eigenvalue weighted by molar-refractivity contribution is 0.663. The summed E-state index contributed by atoms with van der Waals surface area (Å²) in [5.41, 5.74) is 6.49. The fraction of sp³-hybridized carbons (Fsp3) is 0.312. The molecule has 1 N–H and O–H groups in total. The summed E-state index contributed by atoms with van der Waals surface area (Å²) in [4.78, 5) is 4.66. The minimum absolute atomic E-state index is 0.144. The zero-order valence-corrected chi connectivity index (χ0v) is 14.7. The topological polar surface area (TPSA) is 24.9 Å². The van der Waals surface area contributed by atoms with E-state index in [1.807, 2.05) is 13.2 Å². The van der Waals surface area contributed by atoms with E-state index >= 15 is 0 Å². The lowest BCUT2D eigenvalue weighted by Gasteiger charge is -2.20.